The second-order valence-corrected chi connectivity index (χ2v) is 4.70. The van der Waals surface area contributed by atoms with E-state index in [-0.39, 0.29) is 11.2 Å². The lowest BCUT2D eigenvalue weighted by Gasteiger charge is -2.20. The first-order valence-electron chi connectivity index (χ1n) is 5.04. The SMILES string of the molecule is CC(C)(C)c1cccc(OC(F)(F)C(=O)O)c1. The summed E-state index contributed by atoms with van der Waals surface area (Å²) in [5.41, 5.74) is 0.564. The first-order chi connectivity index (χ1) is 7.63. The molecular weight excluding hydrogens is 230 g/mol. The maximum Gasteiger partial charge on any atom is 0.501 e. The van der Waals surface area contributed by atoms with E-state index in [9.17, 15) is 13.6 Å². The van der Waals surface area contributed by atoms with Crippen LogP contribution in [0, 0.1) is 0 Å². The number of hydrogen-bond acceptors (Lipinski definition) is 2. The second kappa shape index (κ2) is 4.31. The van der Waals surface area contributed by atoms with Gasteiger partial charge in [-0.1, -0.05) is 32.9 Å². The van der Waals surface area contributed by atoms with E-state index in [1.165, 1.54) is 12.1 Å². The summed E-state index contributed by atoms with van der Waals surface area (Å²) in [5, 5.41) is 8.26. The Morgan fingerprint density at radius 2 is 1.88 bits per heavy atom. The zero-order chi connectivity index (χ0) is 13.3. The van der Waals surface area contributed by atoms with Gasteiger partial charge in [-0.05, 0) is 23.1 Å². The molecule has 3 nitrogen and oxygen atoms in total. The first kappa shape index (κ1) is 13.4. The van der Waals surface area contributed by atoms with Crippen molar-refractivity contribution in [1.29, 1.82) is 0 Å². The van der Waals surface area contributed by atoms with Gasteiger partial charge in [0.15, 0.2) is 0 Å². The third kappa shape index (κ3) is 3.41. The number of alkyl halides is 2. The number of benzene rings is 1. The Morgan fingerprint density at radius 1 is 1.29 bits per heavy atom. The monoisotopic (exact) mass is 244 g/mol. The van der Waals surface area contributed by atoms with E-state index in [0.29, 0.717) is 0 Å². The molecule has 0 unspecified atom stereocenters. The number of hydrogen-bond donors (Lipinski definition) is 1. The quantitative estimate of drug-likeness (QED) is 0.888. The van der Waals surface area contributed by atoms with E-state index in [4.69, 9.17) is 5.11 Å². The second-order valence-electron chi connectivity index (χ2n) is 4.70. The molecule has 1 aromatic carbocycles. The number of carbonyl (C=O) groups is 1. The lowest BCUT2D eigenvalue weighted by molar-refractivity contribution is -0.210. The molecule has 0 saturated heterocycles. The Labute approximate surface area is 98.0 Å². The van der Waals surface area contributed by atoms with Crippen molar-refractivity contribution in [3.8, 4) is 5.75 Å². The van der Waals surface area contributed by atoms with Crippen LogP contribution in [0.2, 0.25) is 0 Å². The predicted molar refractivity (Wildman–Crippen MR) is 58.4 cm³/mol. The van der Waals surface area contributed by atoms with Crippen molar-refractivity contribution >= 4 is 5.97 Å². The average Bonchev–Trinajstić information content (AvgIpc) is 2.15. The molecule has 5 heteroatoms. The topological polar surface area (TPSA) is 46.5 Å². The minimum Gasteiger partial charge on any atom is -0.474 e. The number of carboxylic acid groups (broad SMARTS) is 1. The van der Waals surface area contributed by atoms with E-state index in [1.54, 1.807) is 12.1 Å². The summed E-state index contributed by atoms with van der Waals surface area (Å²) in [4.78, 5) is 10.2. The van der Waals surface area contributed by atoms with Crippen molar-refractivity contribution in [2.45, 2.75) is 32.3 Å². The summed E-state index contributed by atoms with van der Waals surface area (Å²) in [6, 6.07) is 6.03. The molecule has 0 aliphatic carbocycles. The summed E-state index contributed by atoms with van der Waals surface area (Å²) in [7, 11) is 0. The van der Waals surface area contributed by atoms with Gasteiger partial charge in [-0.3, -0.25) is 0 Å². The van der Waals surface area contributed by atoms with Crippen molar-refractivity contribution in [2.24, 2.45) is 0 Å². The highest BCUT2D eigenvalue weighted by molar-refractivity contribution is 5.73. The normalized spacial score (nSPS) is 12.3. The molecule has 0 spiro atoms. The van der Waals surface area contributed by atoms with Gasteiger partial charge in [0, 0.05) is 0 Å². The Kier molecular flexibility index (Phi) is 3.40. The predicted octanol–water partition coefficient (Wildman–Crippen LogP) is 3.04. The summed E-state index contributed by atoms with van der Waals surface area (Å²) >= 11 is 0. The van der Waals surface area contributed by atoms with Crippen LogP contribution in [0.1, 0.15) is 26.3 Å². The fourth-order valence-corrected chi connectivity index (χ4v) is 1.22. The minimum absolute atomic E-state index is 0.162. The number of carboxylic acids is 1. The fraction of sp³-hybridized carbons (Fsp3) is 0.417. The minimum atomic E-state index is -4.21. The van der Waals surface area contributed by atoms with Crippen LogP contribution < -0.4 is 4.74 Å². The lowest BCUT2D eigenvalue weighted by Crippen LogP contribution is -2.34. The maximum absolute atomic E-state index is 12.8. The molecule has 1 N–H and O–H groups in total. The van der Waals surface area contributed by atoms with Crippen molar-refractivity contribution in [3.05, 3.63) is 29.8 Å². The van der Waals surface area contributed by atoms with Crippen LogP contribution in [0.4, 0.5) is 8.78 Å². The highest BCUT2D eigenvalue weighted by atomic mass is 19.3. The summed E-state index contributed by atoms with van der Waals surface area (Å²) in [6.45, 7) is 5.75. The highest BCUT2D eigenvalue weighted by Gasteiger charge is 2.42. The van der Waals surface area contributed by atoms with Gasteiger partial charge < -0.3 is 9.84 Å². The van der Waals surface area contributed by atoms with E-state index in [2.05, 4.69) is 4.74 Å². The largest absolute Gasteiger partial charge is 0.501 e. The first-order valence-corrected chi connectivity index (χ1v) is 5.04. The molecule has 0 bridgehead atoms. The summed E-state index contributed by atoms with van der Waals surface area (Å²) in [6.07, 6.45) is -4.21. The third-order valence-electron chi connectivity index (χ3n) is 2.20. The van der Waals surface area contributed by atoms with Gasteiger partial charge in [-0.15, -0.1) is 0 Å². The molecule has 1 rings (SSSR count). The Morgan fingerprint density at radius 3 is 2.35 bits per heavy atom. The van der Waals surface area contributed by atoms with Gasteiger partial charge >= 0.3 is 12.1 Å². The summed E-state index contributed by atoms with van der Waals surface area (Å²) in [5.74, 6) is -2.47. The van der Waals surface area contributed by atoms with Gasteiger partial charge in [0.2, 0.25) is 0 Å². The molecule has 0 heterocycles. The average molecular weight is 244 g/mol. The number of rotatable bonds is 3. The molecule has 0 aliphatic heterocycles. The fourth-order valence-electron chi connectivity index (χ4n) is 1.22. The van der Waals surface area contributed by atoms with Gasteiger partial charge in [0.25, 0.3) is 0 Å². The maximum atomic E-state index is 12.8. The van der Waals surface area contributed by atoms with E-state index in [1.807, 2.05) is 20.8 Å². The molecule has 0 radical (unpaired) electrons. The molecule has 0 atom stereocenters. The number of aliphatic carboxylic acids is 1. The summed E-state index contributed by atoms with van der Waals surface area (Å²) < 4.78 is 29.8. The van der Waals surface area contributed by atoms with Crippen LogP contribution in [0.5, 0.6) is 5.75 Å². The number of halogens is 2. The molecule has 0 saturated carbocycles. The van der Waals surface area contributed by atoms with Crippen LogP contribution in [0.15, 0.2) is 24.3 Å². The molecule has 0 amide bonds. The van der Waals surface area contributed by atoms with Crippen molar-refractivity contribution < 1.29 is 23.4 Å². The Bertz CT molecular complexity index is 422. The van der Waals surface area contributed by atoms with Crippen LogP contribution in [0.3, 0.4) is 0 Å². The Hall–Kier alpha value is -1.65. The zero-order valence-electron chi connectivity index (χ0n) is 9.83. The van der Waals surface area contributed by atoms with Crippen molar-refractivity contribution in [1.82, 2.24) is 0 Å². The molecule has 1 aromatic rings. The van der Waals surface area contributed by atoms with Gasteiger partial charge in [0.1, 0.15) is 5.75 Å². The number of ether oxygens (including phenoxy) is 1. The standard InChI is InChI=1S/C12H14F2O3/c1-11(2,3)8-5-4-6-9(7-8)17-12(13,14)10(15)16/h4-7H,1-3H3,(H,15,16). The lowest BCUT2D eigenvalue weighted by atomic mass is 9.87. The van der Waals surface area contributed by atoms with Crippen LogP contribution in [0.25, 0.3) is 0 Å². The molecule has 0 aliphatic rings. The van der Waals surface area contributed by atoms with Crippen molar-refractivity contribution in [2.75, 3.05) is 0 Å². The van der Waals surface area contributed by atoms with Crippen LogP contribution in [-0.4, -0.2) is 17.2 Å². The van der Waals surface area contributed by atoms with Gasteiger partial charge in [-0.2, -0.15) is 8.78 Å². The third-order valence-corrected chi connectivity index (χ3v) is 2.20. The Balaban J connectivity index is 2.98. The molecular formula is C12H14F2O3. The van der Waals surface area contributed by atoms with Gasteiger partial charge in [0.05, 0.1) is 0 Å². The van der Waals surface area contributed by atoms with E-state index >= 15 is 0 Å². The molecule has 0 aromatic heterocycles. The van der Waals surface area contributed by atoms with E-state index < -0.39 is 12.1 Å². The molecule has 94 valence electrons. The van der Waals surface area contributed by atoms with Crippen LogP contribution in [-0.2, 0) is 10.2 Å². The molecule has 0 fully saturated rings. The van der Waals surface area contributed by atoms with E-state index in [0.717, 1.165) is 5.56 Å². The van der Waals surface area contributed by atoms with Crippen molar-refractivity contribution in [3.63, 3.8) is 0 Å². The molecule has 17 heavy (non-hydrogen) atoms. The zero-order valence-corrected chi connectivity index (χ0v) is 9.83. The smallest absolute Gasteiger partial charge is 0.474 e. The van der Waals surface area contributed by atoms with Gasteiger partial charge in [-0.25, -0.2) is 4.79 Å². The van der Waals surface area contributed by atoms with Crippen LogP contribution >= 0.6 is 0 Å². The highest BCUT2D eigenvalue weighted by Crippen LogP contribution is 2.28.